The average Bonchev–Trinajstić information content (AvgIpc) is 2.62. The van der Waals surface area contributed by atoms with Gasteiger partial charge in [0.1, 0.15) is 0 Å². The highest BCUT2D eigenvalue weighted by Crippen LogP contribution is 2.33. The first-order chi connectivity index (χ1) is 7.99. The van der Waals surface area contributed by atoms with Gasteiger partial charge < -0.3 is 5.73 Å². The first-order valence-electron chi connectivity index (χ1n) is 5.26. The third kappa shape index (κ3) is 2.81. The van der Waals surface area contributed by atoms with Gasteiger partial charge in [-0.2, -0.15) is 0 Å². The molecule has 0 bridgehead atoms. The molecule has 1 heterocycles. The number of thiophene rings is 1. The molecule has 0 radical (unpaired) electrons. The maximum absolute atomic E-state index is 6.29. The molecule has 0 saturated heterocycles. The second-order valence-electron chi connectivity index (χ2n) is 4.04. The Kier molecular flexibility index (Phi) is 4.08. The summed E-state index contributed by atoms with van der Waals surface area (Å²) in [5.74, 6) is 0. The first kappa shape index (κ1) is 13.3. The molecule has 0 aliphatic heterocycles. The number of hydrogen-bond donors (Lipinski definition) is 1. The number of halogens is 2. The molecule has 17 heavy (non-hydrogen) atoms. The van der Waals surface area contributed by atoms with Crippen molar-refractivity contribution in [3.63, 3.8) is 0 Å². The predicted octanol–water partition coefficient (Wildman–Crippen LogP) is 4.94. The van der Waals surface area contributed by atoms with E-state index in [1.165, 1.54) is 15.3 Å². The second kappa shape index (κ2) is 5.22. The Morgan fingerprint density at radius 1 is 1.12 bits per heavy atom. The SMILES string of the molecule is Cc1cc(C(N)c2cc(Br)c(C)s2)ccc1Br. The lowest BCUT2D eigenvalue weighted by Crippen LogP contribution is -2.10. The van der Waals surface area contributed by atoms with Crippen LogP contribution in [0.5, 0.6) is 0 Å². The summed E-state index contributed by atoms with van der Waals surface area (Å²) in [6.45, 7) is 4.17. The maximum atomic E-state index is 6.29. The minimum Gasteiger partial charge on any atom is -0.320 e. The van der Waals surface area contributed by atoms with Gasteiger partial charge in [0.15, 0.2) is 0 Å². The van der Waals surface area contributed by atoms with Gasteiger partial charge in [-0.05, 0) is 53.0 Å². The Hall–Kier alpha value is -0.160. The molecular formula is C13H13Br2NS. The monoisotopic (exact) mass is 373 g/mol. The van der Waals surface area contributed by atoms with E-state index in [4.69, 9.17) is 5.73 Å². The summed E-state index contributed by atoms with van der Waals surface area (Å²) >= 11 is 8.78. The van der Waals surface area contributed by atoms with Crippen molar-refractivity contribution in [3.8, 4) is 0 Å². The standard InChI is InChI=1S/C13H13Br2NS/c1-7-5-9(3-4-10(7)14)13(16)12-6-11(15)8(2)17-12/h3-6,13H,16H2,1-2H3. The van der Waals surface area contributed by atoms with Gasteiger partial charge in [0, 0.05) is 18.7 Å². The molecule has 90 valence electrons. The van der Waals surface area contributed by atoms with E-state index < -0.39 is 0 Å². The Bertz CT molecular complexity index is 529. The van der Waals surface area contributed by atoms with Crippen molar-refractivity contribution in [1.29, 1.82) is 0 Å². The average molecular weight is 375 g/mol. The van der Waals surface area contributed by atoms with Gasteiger partial charge in [-0.25, -0.2) is 0 Å². The molecule has 1 nitrogen and oxygen atoms in total. The van der Waals surface area contributed by atoms with Crippen LogP contribution in [-0.2, 0) is 0 Å². The topological polar surface area (TPSA) is 26.0 Å². The molecule has 2 N–H and O–H groups in total. The van der Waals surface area contributed by atoms with Gasteiger partial charge in [-0.1, -0.05) is 28.1 Å². The zero-order valence-electron chi connectivity index (χ0n) is 9.63. The van der Waals surface area contributed by atoms with Gasteiger partial charge in [-0.15, -0.1) is 11.3 Å². The number of nitrogens with two attached hydrogens (primary N) is 1. The minimum atomic E-state index is -0.0446. The van der Waals surface area contributed by atoms with Crippen LogP contribution in [0.3, 0.4) is 0 Å². The van der Waals surface area contributed by atoms with Crippen LogP contribution < -0.4 is 5.73 Å². The molecule has 2 aromatic rings. The number of benzene rings is 1. The molecule has 2 rings (SSSR count). The molecule has 0 saturated carbocycles. The van der Waals surface area contributed by atoms with E-state index in [0.29, 0.717) is 0 Å². The van der Waals surface area contributed by atoms with Crippen LogP contribution in [0, 0.1) is 13.8 Å². The summed E-state index contributed by atoms with van der Waals surface area (Å²) in [6.07, 6.45) is 0. The van der Waals surface area contributed by atoms with Crippen molar-refractivity contribution >= 4 is 43.2 Å². The fourth-order valence-corrected chi connectivity index (χ4v) is 3.50. The predicted molar refractivity (Wildman–Crippen MR) is 81.7 cm³/mol. The fraction of sp³-hybridized carbons (Fsp3) is 0.231. The fourth-order valence-electron chi connectivity index (χ4n) is 1.66. The Morgan fingerprint density at radius 2 is 1.82 bits per heavy atom. The van der Waals surface area contributed by atoms with Crippen molar-refractivity contribution in [3.05, 3.63) is 54.1 Å². The van der Waals surface area contributed by atoms with Crippen LogP contribution in [0.2, 0.25) is 0 Å². The van der Waals surface area contributed by atoms with Crippen LogP contribution in [0.25, 0.3) is 0 Å². The molecular weight excluding hydrogens is 362 g/mol. The van der Waals surface area contributed by atoms with Crippen LogP contribution in [-0.4, -0.2) is 0 Å². The van der Waals surface area contributed by atoms with E-state index in [1.54, 1.807) is 11.3 Å². The summed E-state index contributed by atoms with van der Waals surface area (Å²) < 4.78 is 2.26. The molecule has 0 spiro atoms. The van der Waals surface area contributed by atoms with E-state index in [1.807, 2.05) is 0 Å². The molecule has 4 heteroatoms. The smallest absolute Gasteiger partial charge is 0.0646 e. The molecule has 0 amide bonds. The summed E-state index contributed by atoms with van der Waals surface area (Å²) in [4.78, 5) is 2.46. The minimum absolute atomic E-state index is 0.0446. The van der Waals surface area contributed by atoms with Crippen molar-refractivity contribution in [1.82, 2.24) is 0 Å². The highest BCUT2D eigenvalue weighted by Gasteiger charge is 2.13. The van der Waals surface area contributed by atoms with Crippen LogP contribution in [0.15, 0.2) is 33.2 Å². The molecule has 1 atom stereocenters. The van der Waals surface area contributed by atoms with Crippen LogP contribution in [0.4, 0.5) is 0 Å². The van der Waals surface area contributed by atoms with E-state index in [-0.39, 0.29) is 6.04 Å². The summed E-state index contributed by atoms with van der Waals surface area (Å²) in [5, 5.41) is 0. The number of hydrogen-bond acceptors (Lipinski definition) is 2. The Labute approximate surface area is 122 Å². The highest BCUT2D eigenvalue weighted by atomic mass is 79.9. The van der Waals surface area contributed by atoms with Crippen molar-refractivity contribution in [2.75, 3.05) is 0 Å². The molecule has 0 fully saturated rings. The summed E-state index contributed by atoms with van der Waals surface area (Å²) in [5.41, 5.74) is 8.66. The number of rotatable bonds is 2. The van der Waals surface area contributed by atoms with Gasteiger partial charge in [0.05, 0.1) is 6.04 Å². The molecule has 1 aromatic carbocycles. The Balaban J connectivity index is 2.36. The van der Waals surface area contributed by atoms with E-state index in [0.717, 1.165) is 14.5 Å². The van der Waals surface area contributed by atoms with Crippen LogP contribution in [0.1, 0.15) is 26.9 Å². The largest absolute Gasteiger partial charge is 0.320 e. The summed E-state index contributed by atoms with van der Waals surface area (Å²) in [6, 6.07) is 8.33. The van der Waals surface area contributed by atoms with Gasteiger partial charge in [-0.3, -0.25) is 0 Å². The van der Waals surface area contributed by atoms with Crippen molar-refractivity contribution in [2.24, 2.45) is 5.73 Å². The normalized spacial score (nSPS) is 12.8. The molecule has 1 unspecified atom stereocenters. The summed E-state index contributed by atoms with van der Waals surface area (Å²) in [7, 11) is 0. The molecule has 0 aliphatic rings. The number of aryl methyl sites for hydroxylation is 2. The van der Waals surface area contributed by atoms with Gasteiger partial charge in [0.25, 0.3) is 0 Å². The van der Waals surface area contributed by atoms with Crippen LogP contribution >= 0.6 is 43.2 Å². The molecule has 1 aromatic heterocycles. The van der Waals surface area contributed by atoms with Gasteiger partial charge in [0.2, 0.25) is 0 Å². The van der Waals surface area contributed by atoms with E-state index in [2.05, 4.69) is 70.0 Å². The van der Waals surface area contributed by atoms with Crippen molar-refractivity contribution in [2.45, 2.75) is 19.9 Å². The van der Waals surface area contributed by atoms with Crippen molar-refractivity contribution < 1.29 is 0 Å². The zero-order chi connectivity index (χ0) is 12.6. The van der Waals surface area contributed by atoms with E-state index >= 15 is 0 Å². The zero-order valence-corrected chi connectivity index (χ0v) is 13.6. The van der Waals surface area contributed by atoms with E-state index in [9.17, 15) is 0 Å². The third-order valence-corrected chi connectivity index (χ3v) is 5.83. The molecule has 0 aliphatic carbocycles. The first-order valence-corrected chi connectivity index (χ1v) is 7.66. The second-order valence-corrected chi connectivity index (χ2v) is 7.04. The lowest BCUT2D eigenvalue weighted by atomic mass is 10.0. The maximum Gasteiger partial charge on any atom is 0.0646 e. The lowest BCUT2D eigenvalue weighted by Gasteiger charge is -2.11. The lowest BCUT2D eigenvalue weighted by molar-refractivity contribution is 0.890. The van der Waals surface area contributed by atoms with Gasteiger partial charge >= 0.3 is 0 Å². The Morgan fingerprint density at radius 3 is 2.35 bits per heavy atom. The highest BCUT2D eigenvalue weighted by molar-refractivity contribution is 9.10. The quantitative estimate of drug-likeness (QED) is 0.791. The third-order valence-electron chi connectivity index (χ3n) is 2.72.